The van der Waals surface area contributed by atoms with Crippen molar-refractivity contribution in [2.45, 2.75) is 13.0 Å². The fourth-order valence-corrected chi connectivity index (χ4v) is 3.55. The Kier molecular flexibility index (Phi) is 4.66. The Morgan fingerprint density at radius 2 is 1.77 bits per heavy atom. The number of hydrogen-bond donors (Lipinski definition) is 1. The second-order valence-electron chi connectivity index (χ2n) is 6.82. The van der Waals surface area contributed by atoms with Crippen LogP contribution in [0.25, 0.3) is 22.4 Å². The molecule has 1 N–H and O–H groups in total. The number of anilines is 1. The van der Waals surface area contributed by atoms with Crippen LogP contribution in [0.3, 0.4) is 0 Å². The van der Waals surface area contributed by atoms with Crippen LogP contribution in [0.1, 0.15) is 6.92 Å². The van der Waals surface area contributed by atoms with Crippen molar-refractivity contribution in [1.82, 2.24) is 20.1 Å². The Bertz CT molecular complexity index is 875. The van der Waals surface area contributed by atoms with Crippen molar-refractivity contribution in [2.75, 3.05) is 31.6 Å². The predicted molar refractivity (Wildman–Crippen MR) is 107 cm³/mol. The molecule has 1 aliphatic heterocycles. The molecule has 0 saturated carbocycles. The van der Waals surface area contributed by atoms with E-state index in [1.54, 1.807) is 0 Å². The van der Waals surface area contributed by atoms with Gasteiger partial charge in [-0.2, -0.15) is 5.10 Å². The zero-order chi connectivity index (χ0) is 18.1. The van der Waals surface area contributed by atoms with Crippen LogP contribution < -0.4 is 4.90 Å². The van der Waals surface area contributed by atoms with Crippen molar-refractivity contribution in [2.24, 2.45) is 0 Å². The first-order valence-corrected chi connectivity index (χ1v) is 9.21. The van der Waals surface area contributed by atoms with Gasteiger partial charge in [-0.1, -0.05) is 23.7 Å². The number of H-pyrrole nitrogens is 1. The van der Waals surface area contributed by atoms with E-state index in [0.29, 0.717) is 6.04 Å². The van der Waals surface area contributed by atoms with E-state index < -0.39 is 0 Å². The quantitative estimate of drug-likeness (QED) is 0.761. The summed E-state index contributed by atoms with van der Waals surface area (Å²) in [5.74, 6) is 1.00. The summed E-state index contributed by atoms with van der Waals surface area (Å²) in [6, 6.07) is 12.4. The van der Waals surface area contributed by atoms with E-state index in [4.69, 9.17) is 16.7 Å². The average molecular weight is 368 g/mol. The van der Waals surface area contributed by atoms with Crippen molar-refractivity contribution in [3.63, 3.8) is 0 Å². The Morgan fingerprint density at radius 1 is 1.04 bits per heavy atom. The van der Waals surface area contributed by atoms with Crippen molar-refractivity contribution >= 4 is 17.4 Å². The van der Waals surface area contributed by atoms with Crippen LogP contribution in [0.15, 0.2) is 48.8 Å². The SMILES string of the molecule is CC1CN(c2n[nH]c(-c3ccc(Cl)cc3)c2-c2ccncc2)CCN1C. The number of aromatic amines is 1. The molecule has 0 radical (unpaired) electrons. The van der Waals surface area contributed by atoms with Crippen molar-refractivity contribution in [3.8, 4) is 22.4 Å². The average Bonchev–Trinajstić information content (AvgIpc) is 3.10. The third-order valence-electron chi connectivity index (χ3n) is 5.11. The molecule has 6 heteroatoms. The zero-order valence-corrected chi connectivity index (χ0v) is 15.7. The first kappa shape index (κ1) is 17.1. The molecule has 1 aliphatic rings. The molecule has 4 rings (SSSR count). The molecule has 2 aromatic heterocycles. The highest BCUT2D eigenvalue weighted by molar-refractivity contribution is 6.30. The number of rotatable bonds is 3. The summed E-state index contributed by atoms with van der Waals surface area (Å²) in [6.07, 6.45) is 3.65. The number of piperazine rings is 1. The lowest BCUT2D eigenvalue weighted by molar-refractivity contribution is 0.233. The van der Waals surface area contributed by atoms with Crippen molar-refractivity contribution < 1.29 is 0 Å². The van der Waals surface area contributed by atoms with E-state index in [2.05, 4.69) is 33.9 Å². The minimum Gasteiger partial charge on any atom is -0.352 e. The van der Waals surface area contributed by atoms with Crippen LogP contribution in [0.5, 0.6) is 0 Å². The standard InChI is InChI=1S/C20H22ClN5/c1-14-13-26(12-11-25(14)2)20-18(15-7-9-22-10-8-15)19(23-24-20)16-3-5-17(21)6-4-16/h3-10,14H,11-13H2,1-2H3,(H,23,24). The number of aromatic nitrogens is 3. The monoisotopic (exact) mass is 367 g/mol. The Labute approximate surface area is 158 Å². The lowest BCUT2D eigenvalue weighted by Gasteiger charge is -2.38. The number of likely N-dealkylation sites (N-methyl/N-ethyl adjacent to an activating group) is 1. The van der Waals surface area contributed by atoms with Gasteiger partial charge in [0.2, 0.25) is 0 Å². The molecule has 0 bridgehead atoms. The Morgan fingerprint density at radius 3 is 2.46 bits per heavy atom. The predicted octanol–water partition coefficient (Wildman–Crippen LogP) is 3.93. The van der Waals surface area contributed by atoms with Gasteiger partial charge < -0.3 is 9.80 Å². The van der Waals surface area contributed by atoms with Gasteiger partial charge in [-0.3, -0.25) is 10.1 Å². The molecule has 0 aliphatic carbocycles. The number of hydrogen-bond acceptors (Lipinski definition) is 4. The molecule has 0 amide bonds. The minimum absolute atomic E-state index is 0.490. The Balaban J connectivity index is 1.81. The zero-order valence-electron chi connectivity index (χ0n) is 15.0. The number of nitrogens with zero attached hydrogens (tertiary/aromatic N) is 4. The molecule has 1 atom stereocenters. The van der Waals surface area contributed by atoms with Crippen LogP contribution >= 0.6 is 11.6 Å². The lowest BCUT2D eigenvalue weighted by atomic mass is 10.0. The minimum atomic E-state index is 0.490. The molecule has 1 unspecified atom stereocenters. The summed E-state index contributed by atoms with van der Waals surface area (Å²) >= 11 is 6.07. The van der Waals surface area contributed by atoms with E-state index in [0.717, 1.165) is 52.9 Å². The van der Waals surface area contributed by atoms with Gasteiger partial charge in [-0.05, 0) is 43.8 Å². The fourth-order valence-electron chi connectivity index (χ4n) is 3.42. The van der Waals surface area contributed by atoms with Crippen LogP contribution in [-0.2, 0) is 0 Å². The topological polar surface area (TPSA) is 48.1 Å². The number of pyridine rings is 1. The van der Waals surface area contributed by atoms with E-state index in [9.17, 15) is 0 Å². The highest BCUT2D eigenvalue weighted by Crippen LogP contribution is 2.38. The van der Waals surface area contributed by atoms with Crippen LogP contribution in [0, 0.1) is 0 Å². The largest absolute Gasteiger partial charge is 0.352 e. The van der Waals surface area contributed by atoms with Gasteiger partial charge in [0.15, 0.2) is 5.82 Å². The fraction of sp³-hybridized carbons (Fsp3) is 0.300. The van der Waals surface area contributed by atoms with Crippen molar-refractivity contribution in [1.29, 1.82) is 0 Å². The molecular weight excluding hydrogens is 346 g/mol. The molecule has 134 valence electrons. The maximum Gasteiger partial charge on any atom is 0.159 e. The first-order valence-electron chi connectivity index (χ1n) is 8.83. The van der Waals surface area contributed by atoms with E-state index in [1.807, 2.05) is 48.8 Å². The second-order valence-corrected chi connectivity index (χ2v) is 7.25. The maximum atomic E-state index is 6.07. The van der Waals surface area contributed by atoms with Gasteiger partial charge in [-0.25, -0.2) is 0 Å². The highest BCUT2D eigenvalue weighted by atomic mass is 35.5. The van der Waals surface area contributed by atoms with Crippen molar-refractivity contribution in [3.05, 3.63) is 53.8 Å². The van der Waals surface area contributed by atoms with Crippen LogP contribution in [0.2, 0.25) is 5.02 Å². The molecule has 26 heavy (non-hydrogen) atoms. The molecule has 0 spiro atoms. The molecule has 3 heterocycles. The summed E-state index contributed by atoms with van der Waals surface area (Å²) in [6.45, 7) is 5.20. The van der Waals surface area contributed by atoms with Crippen LogP contribution in [-0.4, -0.2) is 52.8 Å². The third-order valence-corrected chi connectivity index (χ3v) is 5.36. The highest BCUT2D eigenvalue weighted by Gasteiger charge is 2.26. The summed E-state index contributed by atoms with van der Waals surface area (Å²) in [7, 11) is 2.18. The molecular formula is C20H22ClN5. The second kappa shape index (κ2) is 7.09. The first-order chi connectivity index (χ1) is 12.6. The Hall–Kier alpha value is -2.37. The summed E-state index contributed by atoms with van der Waals surface area (Å²) in [4.78, 5) is 8.92. The molecule has 1 aromatic carbocycles. The lowest BCUT2D eigenvalue weighted by Crippen LogP contribution is -2.50. The van der Waals surface area contributed by atoms with Gasteiger partial charge in [0, 0.05) is 48.7 Å². The third kappa shape index (κ3) is 3.20. The summed E-state index contributed by atoms with van der Waals surface area (Å²) < 4.78 is 0. The van der Waals surface area contributed by atoms with Gasteiger partial charge in [0.05, 0.1) is 11.3 Å². The molecule has 5 nitrogen and oxygen atoms in total. The number of nitrogens with one attached hydrogen (secondary N) is 1. The van der Waals surface area contributed by atoms with Crippen LogP contribution in [0.4, 0.5) is 5.82 Å². The maximum absolute atomic E-state index is 6.07. The van der Waals surface area contributed by atoms with Gasteiger partial charge >= 0.3 is 0 Å². The summed E-state index contributed by atoms with van der Waals surface area (Å²) in [5.41, 5.74) is 4.31. The van der Waals surface area contributed by atoms with E-state index >= 15 is 0 Å². The van der Waals surface area contributed by atoms with E-state index in [-0.39, 0.29) is 0 Å². The normalized spacial score (nSPS) is 18.3. The van der Waals surface area contributed by atoms with Gasteiger partial charge in [-0.15, -0.1) is 0 Å². The molecule has 1 fully saturated rings. The van der Waals surface area contributed by atoms with E-state index in [1.165, 1.54) is 0 Å². The smallest absolute Gasteiger partial charge is 0.159 e. The molecule has 3 aromatic rings. The van der Waals surface area contributed by atoms with Gasteiger partial charge in [0.1, 0.15) is 0 Å². The molecule has 1 saturated heterocycles. The number of benzene rings is 1. The number of halogens is 1. The summed E-state index contributed by atoms with van der Waals surface area (Å²) in [5, 5.41) is 8.70. The van der Waals surface area contributed by atoms with Gasteiger partial charge in [0.25, 0.3) is 0 Å².